The summed E-state index contributed by atoms with van der Waals surface area (Å²) in [6.45, 7) is 3.05. The SMILES string of the molecule is CCCCCCCCCCCCCCCCC1CN(c2ccc(OC)cc2)NC1=O. The van der Waals surface area contributed by atoms with Crippen LogP contribution in [0.5, 0.6) is 5.75 Å². The van der Waals surface area contributed by atoms with Crippen LogP contribution in [0.2, 0.25) is 0 Å². The lowest BCUT2D eigenvalue weighted by atomic mass is 10.00. The minimum atomic E-state index is 0.115. The van der Waals surface area contributed by atoms with Gasteiger partial charge in [0.05, 0.1) is 25.3 Å². The van der Waals surface area contributed by atoms with E-state index in [-0.39, 0.29) is 11.8 Å². The summed E-state index contributed by atoms with van der Waals surface area (Å²) in [5.41, 5.74) is 4.03. The van der Waals surface area contributed by atoms with Gasteiger partial charge in [-0.2, -0.15) is 0 Å². The van der Waals surface area contributed by atoms with E-state index in [1.165, 1.54) is 83.5 Å². The Hall–Kier alpha value is -1.71. The smallest absolute Gasteiger partial charge is 0.243 e. The van der Waals surface area contributed by atoms with Crippen LogP contribution in [0, 0.1) is 5.92 Å². The molecule has 1 aliphatic heterocycles. The minimum Gasteiger partial charge on any atom is -0.497 e. The highest BCUT2D eigenvalue weighted by Gasteiger charge is 2.30. The van der Waals surface area contributed by atoms with Gasteiger partial charge in [-0.1, -0.05) is 96.8 Å². The molecule has 0 bridgehead atoms. The average Bonchev–Trinajstić information content (AvgIpc) is 3.14. The summed E-state index contributed by atoms with van der Waals surface area (Å²) in [5, 5.41) is 1.97. The zero-order valence-electron chi connectivity index (χ0n) is 19.5. The predicted molar refractivity (Wildman–Crippen MR) is 127 cm³/mol. The molecule has 1 fully saturated rings. The molecular weight excluding hydrogens is 372 g/mol. The third-order valence-electron chi connectivity index (χ3n) is 6.31. The molecule has 0 saturated carbocycles. The molecule has 0 aliphatic carbocycles. The Morgan fingerprint density at radius 3 is 1.83 bits per heavy atom. The molecule has 1 heterocycles. The third-order valence-corrected chi connectivity index (χ3v) is 6.31. The second-order valence-electron chi connectivity index (χ2n) is 8.87. The molecule has 1 amide bonds. The van der Waals surface area contributed by atoms with Crippen LogP contribution in [0.1, 0.15) is 103 Å². The first-order chi connectivity index (χ1) is 14.7. The molecule has 1 saturated heterocycles. The van der Waals surface area contributed by atoms with Crippen molar-refractivity contribution in [2.75, 3.05) is 18.7 Å². The highest BCUT2D eigenvalue weighted by molar-refractivity contribution is 5.84. The lowest BCUT2D eigenvalue weighted by Crippen LogP contribution is -2.32. The molecule has 4 nitrogen and oxygen atoms in total. The molecule has 1 atom stereocenters. The van der Waals surface area contributed by atoms with Crippen molar-refractivity contribution in [3.8, 4) is 5.75 Å². The number of anilines is 1. The molecule has 1 aromatic carbocycles. The Morgan fingerprint density at radius 2 is 1.33 bits per heavy atom. The standard InChI is InChI=1S/C26H44N2O2/c1-3-4-5-6-7-8-9-10-11-12-13-14-15-16-17-23-22-28(27-26(23)29)24-18-20-25(30-2)21-19-24/h18-21,23H,3-17,22H2,1-2H3,(H,27,29). The summed E-state index contributed by atoms with van der Waals surface area (Å²) < 4.78 is 5.20. The molecule has 1 N–H and O–H groups in total. The van der Waals surface area contributed by atoms with Gasteiger partial charge in [-0.15, -0.1) is 0 Å². The Bertz CT molecular complexity index is 573. The quantitative estimate of drug-likeness (QED) is 0.277. The molecule has 1 aliphatic rings. The molecule has 30 heavy (non-hydrogen) atoms. The first-order valence-electron chi connectivity index (χ1n) is 12.5. The van der Waals surface area contributed by atoms with Crippen molar-refractivity contribution in [1.82, 2.24) is 5.43 Å². The highest BCUT2D eigenvalue weighted by Crippen LogP contribution is 2.24. The van der Waals surface area contributed by atoms with Crippen molar-refractivity contribution < 1.29 is 9.53 Å². The number of nitrogens with one attached hydrogen (secondary N) is 1. The number of carbonyl (C=O) groups is 1. The number of amides is 1. The summed E-state index contributed by atoms with van der Waals surface area (Å²) in [5.74, 6) is 1.12. The molecule has 170 valence electrons. The maximum absolute atomic E-state index is 12.3. The number of hydrogen-bond acceptors (Lipinski definition) is 3. The van der Waals surface area contributed by atoms with Crippen LogP contribution in [-0.4, -0.2) is 19.6 Å². The maximum atomic E-state index is 12.3. The van der Waals surface area contributed by atoms with Gasteiger partial charge in [-0.25, -0.2) is 0 Å². The fourth-order valence-electron chi connectivity index (χ4n) is 4.31. The number of unbranched alkanes of at least 4 members (excludes halogenated alkanes) is 13. The second-order valence-corrected chi connectivity index (χ2v) is 8.87. The number of hydrazine groups is 1. The van der Waals surface area contributed by atoms with E-state index in [4.69, 9.17) is 4.74 Å². The van der Waals surface area contributed by atoms with E-state index in [2.05, 4.69) is 12.3 Å². The van der Waals surface area contributed by atoms with Crippen molar-refractivity contribution >= 4 is 11.6 Å². The number of carbonyl (C=O) groups excluding carboxylic acids is 1. The zero-order chi connectivity index (χ0) is 21.4. The summed E-state index contributed by atoms with van der Waals surface area (Å²) in [6, 6.07) is 7.85. The molecule has 2 rings (SSSR count). The topological polar surface area (TPSA) is 41.6 Å². The number of rotatable bonds is 17. The second kappa shape index (κ2) is 15.1. The number of methoxy groups -OCH3 is 1. The van der Waals surface area contributed by atoms with Gasteiger partial charge >= 0.3 is 0 Å². The lowest BCUT2D eigenvalue weighted by molar-refractivity contribution is -0.122. The van der Waals surface area contributed by atoms with Crippen LogP contribution in [0.3, 0.4) is 0 Å². The maximum Gasteiger partial charge on any atom is 0.243 e. The summed E-state index contributed by atoms with van der Waals surface area (Å²) in [7, 11) is 1.67. The normalized spacial score (nSPS) is 16.1. The summed E-state index contributed by atoms with van der Waals surface area (Å²) in [4.78, 5) is 12.3. The van der Waals surface area contributed by atoms with Crippen molar-refractivity contribution in [3.63, 3.8) is 0 Å². The van der Waals surface area contributed by atoms with Gasteiger partial charge in [0.2, 0.25) is 5.91 Å². The van der Waals surface area contributed by atoms with Gasteiger partial charge in [-0.3, -0.25) is 15.2 Å². The predicted octanol–water partition coefficient (Wildman–Crippen LogP) is 7.03. The highest BCUT2D eigenvalue weighted by atomic mass is 16.5. The van der Waals surface area contributed by atoms with Gasteiger partial charge < -0.3 is 4.74 Å². The Morgan fingerprint density at radius 1 is 0.833 bits per heavy atom. The van der Waals surface area contributed by atoms with E-state index >= 15 is 0 Å². The average molecular weight is 417 g/mol. The molecular formula is C26H44N2O2. The van der Waals surface area contributed by atoms with Crippen LogP contribution in [0.15, 0.2) is 24.3 Å². The van der Waals surface area contributed by atoms with E-state index in [0.717, 1.165) is 30.8 Å². The Balaban J connectivity index is 1.44. The summed E-state index contributed by atoms with van der Waals surface area (Å²) >= 11 is 0. The van der Waals surface area contributed by atoms with Crippen LogP contribution < -0.4 is 15.2 Å². The van der Waals surface area contributed by atoms with Crippen molar-refractivity contribution in [3.05, 3.63) is 24.3 Å². The first kappa shape index (κ1) is 24.6. The van der Waals surface area contributed by atoms with Crippen LogP contribution in [0.4, 0.5) is 5.69 Å². The van der Waals surface area contributed by atoms with Crippen LogP contribution in [0.25, 0.3) is 0 Å². The van der Waals surface area contributed by atoms with E-state index in [0.29, 0.717) is 0 Å². The minimum absolute atomic E-state index is 0.115. The number of nitrogens with zero attached hydrogens (tertiary/aromatic N) is 1. The molecule has 0 aromatic heterocycles. The number of benzene rings is 1. The monoisotopic (exact) mass is 416 g/mol. The van der Waals surface area contributed by atoms with Crippen molar-refractivity contribution in [2.45, 2.75) is 103 Å². The third kappa shape index (κ3) is 9.40. The van der Waals surface area contributed by atoms with E-state index in [9.17, 15) is 4.79 Å². The van der Waals surface area contributed by atoms with Crippen molar-refractivity contribution in [1.29, 1.82) is 0 Å². The summed E-state index contributed by atoms with van der Waals surface area (Å²) in [6.07, 6.45) is 20.2. The fraction of sp³-hybridized carbons (Fsp3) is 0.731. The Kier molecular flexibility index (Phi) is 12.4. The van der Waals surface area contributed by atoms with Crippen molar-refractivity contribution in [2.24, 2.45) is 5.92 Å². The van der Waals surface area contributed by atoms with Gasteiger partial charge in [0.15, 0.2) is 0 Å². The molecule has 0 radical (unpaired) electrons. The largest absolute Gasteiger partial charge is 0.497 e. The van der Waals surface area contributed by atoms with E-state index < -0.39 is 0 Å². The van der Waals surface area contributed by atoms with Gasteiger partial charge in [-0.05, 0) is 30.7 Å². The van der Waals surface area contributed by atoms with Crippen LogP contribution >= 0.6 is 0 Å². The number of hydrogen-bond donors (Lipinski definition) is 1. The fourth-order valence-corrected chi connectivity index (χ4v) is 4.31. The van der Waals surface area contributed by atoms with Gasteiger partial charge in [0.1, 0.15) is 5.75 Å². The first-order valence-corrected chi connectivity index (χ1v) is 12.5. The van der Waals surface area contributed by atoms with Gasteiger partial charge in [0, 0.05) is 0 Å². The van der Waals surface area contributed by atoms with Crippen LogP contribution in [-0.2, 0) is 4.79 Å². The molecule has 4 heteroatoms. The number of ether oxygens (including phenoxy) is 1. The molecule has 0 spiro atoms. The zero-order valence-corrected chi connectivity index (χ0v) is 19.5. The van der Waals surface area contributed by atoms with E-state index in [1.807, 2.05) is 29.3 Å². The van der Waals surface area contributed by atoms with Gasteiger partial charge in [0.25, 0.3) is 0 Å². The molecule has 1 aromatic rings. The lowest BCUT2D eigenvalue weighted by Gasteiger charge is -2.17. The molecule has 1 unspecified atom stereocenters. The van der Waals surface area contributed by atoms with E-state index in [1.54, 1.807) is 7.11 Å². The Labute approximate surface area is 184 Å².